The predicted octanol–water partition coefficient (Wildman–Crippen LogP) is 0.980. The molecule has 62 valence electrons. The molecule has 3 nitrogen and oxygen atoms in total. The zero-order chi connectivity index (χ0) is 8.85. The molecule has 3 heteroatoms. The van der Waals surface area contributed by atoms with Crippen molar-refractivity contribution in [1.82, 2.24) is 4.90 Å². The first-order chi connectivity index (χ1) is 5.25. The number of rotatable bonds is 0. The Morgan fingerprint density at radius 3 is 2.09 bits per heavy atom. The van der Waals surface area contributed by atoms with Gasteiger partial charge in [-0.2, -0.15) is 0 Å². The number of hydrogen-bond acceptors (Lipinski definition) is 2. The molecule has 1 saturated heterocycles. The van der Waals surface area contributed by atoms with Crippen molar-refractivity contribution in [3.8, 4) is 0 Å². The van der Waals surface area contributed by atoms with Crippen LogP contribution in [0.5, 0.6) is 0 Å². The number of allylic oxidation sites excluding steroid dienone is 1. The van der Waals surface area contributed by atoms with Crippen LogP contribution in [-0.4, -0.2) is 23.8 Å². The molecule has 0 aromatic heterocycles. The van der Waals surface area contributed by atoms with Crippen LogP contribution in [0.3, 0.4) is 0 Å². The molecule has 0 aromatic carbocycles. The minimum absolute atomic E-state index is 0.00773. The first-order valence-electron chi connectivity index (χ1n) is 3.76. The molecule has 11 heavy (non-hydrogen) atoms. The van der Waals surface area contributed by atoms with Gasteiger partial charge in [-0.1, -0.05) is 13.8 Å². The summed E-state index contributed by atoms with van der Waals surface area (Å²) in [7, 11) is 1.59. The molecule has 0 radical (unpaired) electrons. The van der Waals surface area contributed by atoms with E-state index in [4.69, 9.17) is 0 Å². The van der Waals surface area contributed by atoms with Gasteiger partial charge < -0.3 is 4.90 Å². The number of carbonyl (C=O) groups excluding carboxylic acids is 2. The lowest BCUT2D eigenvalue weighted by atomic mass is 10.3. The monoisotopic (exact) mass is 155 g/mol. The first-order valence-corrected chi connectivity index (χ1v) is 3.76. The lowest BCUT2D eigenvalue weighted by Gasteiger charge is -2.04. The van der Waals surface area contributed by atoms with Crippen molar-refractivity contribution < 1.29 is 9.59 Å². The molecule has 1 aliphatic heterocycles. The van der Waals surface area contributed by atoms with Gasteiger partial charge in [0.25, 0.3) is 0 Å². The molecule has 0 atom stereocenters. The molecule has 0 saturated carbocycles. The Morgan fingerprint density at radius 2 is 1.91 bits per heavy atom. The molecule has 0 spiro atoms. The molecule has 0 bridgehead atoms. The second kappa shape index (κ2) is 4.69. The maximum Gasteiger partial charge on any atom is 0.227 e. The summed E-state index contributed by atoms with van der Waals surface area (Å²) in [6.07, 6.45) is 1.01. The Morgan fingerprint density at radius 1 is 1.36 bits per heavy atom. The third-order valence-electron chi connectivity index (χ3n) is 1.47. The van der Waals surface area contributed by atoms with Crippen molar-refractivity contribution >= 4 is 11.8 Å². The quantitative estimate of drug-likeness (QED) is 0.489. The number of amides is 1. The average molecular weight is 155 g/mol. The van der Waals surface area contributed by atoms with E-state index in [1.807, 2.05) is 13.8 Å². The summed E-state index contributed by atoms with van der Waals surface area (Å²) in [6, 6.07) is 0. The van der Waals surface area contributed by atoms with Gasteiger partial charge in [0.15, 0.2) is 0 Å². The van der Waals surface area contributed by atoms with E-state index in [1.54, 1.807) is 13.0 Å². The van der Waals surface area contributed by atoms with Crippen molar-refractivity contribution in [3.05, 3.63) is 5.70 Å². The van der Waals surface area contributed by atoms with Gasteiger partial charge in [0.05, 0.1) is 0 Å². The summed E-state index contributed by atoms with van der Waals surface area (Å²) in [5.74, 6) is 1.72. The highest BCUT2D eigenvalue weighted by Gasteiger charge is 2.21. The summed E-state index contributed by atoms with van der Waals surface area (Å²) < 4.78 is 0. The highest BCUT2D eigenvalue weighted by molar-refractivity contribution is 5.83. The summed E-state index contributed by atoms with van der Waals surface area (Å²) in [5, 5.41) is 0. The molecule has 1 aliphatic rings. The van der Waals surface area contributed by atoms with E-state index in [1.165, 1.54) is 4.90 Å². The SMILES string of the molecule is CC.CN1C(=O)CCC1=C=O. The molecule has 0 aliphatic carbocycles. The van der Waals surface area contributed by atoms with E-state index >= 15 is 0 Å². The van der Waals surface area contributed by atoms with Gasteiger partial charge in [-0.3, -0.25) is 4.79 Å². The maximum absolute atomic E-state index is 10.7. The largest absolute Gasteiger partial charge is 0.310 e. The van der Waals surface area contributed by atoms with Crippen molar-refractivity contribution in [2.45, 2.75) is 26.7 Å². The van der Waals surface area contributed by atoms with Crippen LogP contribution in [0.15, 0.2) is 5.70 Å². The Labute approximate surface area is 66.7 Å². The molecular formula is C8H13NO2. The molecule has 0 N–H and O–H groups in total. The molecule has 0 aromatic rings. The molecule has 1 amide bonds. The number of carbonyl (C=O) groups is 1. The smallest absolute Gasteiger partial charge is 0.227 e. The summed E-state index contributed by atoms with van der Waals surface area (Å²) in [4.78, 5) is 22.0. The van der Waals surface area contributed by atoms with Crippen LogP contribution in [0.2, 0.25) is 0 Å². The fraction of sp³-hybridized carbons (Fsp3) is 0.625. The topological polar surface area (TPSA) is 37.4 Å². The fourth-order valence-corrected chi connectivity index (χ4v) is 0.831. The van der Waals surface area contributed by atoms with Crippen LogP contribution >= 0.6 is 0 Å². The van der Waals surface area contributed by atoms with Gasteiger partial charge in [-0.05, 0) is 0 Å². The lowest BCUT2D eigenvalue weighted by molar-refractivity contribution is -0.125. The van der Waals surface area contributed by atoms with E-state index in [2.05, 4.69) is 0 Å². The second-order valence-corrected chi connectivity index (χ2v) is 2.00. The van der Waals surface area contributed by atoms with Crippen molar-refractivity contribution in [3.63, 3.8) is 0 Å². The molecule has 1 heterocycles. The zero-order valence-corrected chi connectivity index (χ0v) is 7.18. The third-order valence-corrected chi connectivity index (χ3v) is 1.47. The van der Waals surface area contributed by atoms with E-state index in [0.29, 0.717) is 18.5 Å². The number of likely N-dealkylation sites (tertiary alicyclic amines) is 1. The van der Waals surface area contributed by atoms with Crippen molar-refractivity contribution in [2.75, 3.05) is 7.05 Å². The first kappa shape index (κ1) is 9.92. The van der Waals surface area contributed by atoms with Crippen LogP contribution < -0.4 is 0 Å². The van der Waals surface area contributed by atoms with Gasteiger partial charge >= 0.3 is 0 Å². The Bertz CT molecular complexity index is 192. The molecular weight excluding hydrogens is 142 g/mol. The van der Waals surface area contributed by atoms with Crippen LogP contribution in [0.4, 0.5) is 0 Å². The van der Waals surface area contributed by atoms with Gasteiger partial charge in [-0.25, -0.2) is 4.79 Å². The summed E-state index contributed by atoms with van der Waals surface area (Å²) >= 11 is 0. The van der Waals surface area contributed by atoms with Crippen LogP contribution in [0, 0.1) is 0 Å². The van der Waals surface area contributed by atoms with Gasteiger partial charge in [0.1, 0.15) is 11.6 Å². The number of hydrogen-bond donors (Lipinski definition) is 0. The van der Waals surface area contributed by atoms with Gasteiger partial charge in [-0.15, -0.1) is 0 Å². The lowest BCUT2D eigenvalue weighted by Crippen LogP contribution is -2.17. The fourth-order valence-electron chi connectivity index (χ4n) is 0.831. The van der Waals surface area contributed by atoms with Crippen LogP contribution in [-0.2, 0) is 9.59 Å². The average Bonchev–Trinajstić information content (AvgIpc) is 2.37. The molecule has 1 rings (SSSR count). The summed E-state index contributed by atoms with van der Waals surface area (Å²) in [6.45, 7) is 4.00. The second-order valence-electron chi connectivity index (χ2n) is 2.00. The van der Waals surface area contributed by atoms with Gasteiger partial charge in [0, 0.05) is 19.9 Å². The van der Waals surface area contributed by atoms with E-state index in [9.17, 15) is 9.59 Å². The minimum atomic E-state index is 0.00773. The van der Waals surface area contributed by atoms with Crippen molar-refractivity contribution in [1.29, 1.82) is 0 Å². The normalized spacial score (nSPS) is 15.7. The zero-order valence-electron chi connectivity index (χ0n) is 7.18. The minimum Gasteiger partial charge on any atom is -0.310 e. The summed E-state index contributed by atoms with van der Waals surface area (Å²) in [5.41, 5.74) is 0.472. The Balaban J connectivity index is 0.000000461. The predicted molar refractivity (Wildman–Crippen MR) is 42.6 cm³/mol. The van der Waals surface area contributed by atoms with Gasteiger partial charge in [0.2, 0.25) is 5.91 Å². The van der Waals surface area contributed by atoms with Crippen molar-refractivity contribution in [2.24, 2.45) is 0 Å². The van der Waals surface area contributed by atoms with E-state index < -0.39 is 0 Å². The highest BCUT2D eigenvalue weighted by Crippen LogP contribution is 2.16. The highest BCUT2D eigenvalue weighted by atomic mass is 16.2. The number of nitrogens with zero attached hydrogens (tertiary/aromatic N) is 1. The van der Waals surface area contributed by atoms with Crippen LogP contribution in [0.25, 0.3) is 0 Å². The Hall–Kier alpha value is -1.08. The standard InChI is InChI=1S/C6H7NO2.C2H6/c1-7-5(4-8)2-3-6(7)9;1-2/h2-3H2,1H3;1-2H3. The Kier molecular flexibility index (Phi) is 4.23. The third kappa shape index (κ3) is 2.20. The van der Waals surface area contributed by atoms with E-state index in [-0.39, 0.29) is 5.91 Å². The van der Waals surface area contributed by atoms with E-state index in [0.717, 1.165) is 0 Å². The molecule has 1 fully saturated rings. The maximum atomic E-state index is 10.7. The molecule has 0 unspecified atom stereocenters. The van der Waals surface area contributed by atoms with Crippen LogP contribution in [0.1, 0.15) is 26.7 Å².